The van der Waals surface area contributed by atoms with Gasteiger partial charge < -0.3 is 10.1 Å². The van der Waals surface area contributed by atoms with E-state index in [1.165, 1.54) is 0 Å². The van der Waals surface area contributed by atoms with Gasteiger partial charge >= 0.3 is 0 Å². The van der Waals surface area contributed by atoms with Crippen LogP contribution in [0.1, 0.15) is 26.7 Å². The number of nitrogens with one attached hydrogen (secondary N) is 1. The molecule has 0 bridgehead atoms. The molecule has 1 N–H and O–H groups in total. The molecule has 0 aromatic heterocycles. The summed E-state index contributed by atoms with van der Waals surface area (Å²) in [5, 5.41) is 11.6. The number of unbranched alkanes of at least 4 members (excludes halogenated alkanes) is 1. The van der Waals surface area contributed by atoms with E-state index in [1.807, 2.05) is 6.92 Å². The standard InChI is InChI=1S/C9H18N2O/c1-3-5-6-12-8-9(7-10)11-4-2/h9,11H,3-6,8H2,1-2H3. The monoisotopic (exact) mass is 170 g/mol. The predicted molar refractivity (Wildman–Crippen MR) is 48.8 cm³/mol. The van der Waals surface area contributed by atoms with Gasteiger partial charge in [0.05, 0.1) is 12.7 Å². The average molecular weight is 170 g/mol. The zero-order valence-corrected chi connectivity index (χ0v) is 7.97. The van der Waals surface area contributed by atoms with Crippen molar-refractivity contribution in [1.82, 2.24) is 5.32 Å². The Balaban J connectivity index is 3.27. The first-order valence-corrected chi connectivity index (χ1v) is 4.55. The summed E-state index contributed by atoms with van der Waals surface area (Å²) in [7, 11) is 0. The third kappa shape index (κ3) is 6.14. The first-order valence-electron chi connectivity index (χ1n) is 4.55. The summed E-state index contributed by atoms with van der Waals surface area (Å²) < 4.78 is 5.29. The van der Waals surface area contributed by atoms with E-state index in [2.05, 4.69) is 18.3 Å². The fraction of sp³-hybridized carbons (Fsp3) is 0.889. The normalized spacial score (nSPS) is 12.4. The lowest BCUT2D eigenvalue weighted by atomic mass is 10.3. The molecule has 0 rings (SSSR count). The molecule has 0 radical (unpaired) electrons. The molecule has 0 spiro atoms. The number of nitriles is 1. The molecule has 0 amide bonds. The molecule has 1 unspecified atom stereocenters. The quantitative estimate of drug-likeness (QED) is 0.586. The van der Waals surface area contributed by atoms with E-state index in [0.29, 0.717) is 6.61 Å². The minimum Gasteiger partial charge on any atom is -0.379 e. The highest BCUT2D eigenvalue weighted by molar-refractivity contribution is 4.88. The van der Waals surface area contributed by atoms with E-state index in [-0.39, 0.29) is 6.04 Å². The minimum atomic E-state index is -0.146. The highest BCUT2D eigenvalue weighted by atomic mass is 16.5. The van der Waals surface area contributed by atoms with E-state index < -0.39 is 0 Å². The van der Waals surface area contributed by atoms with Gasteiger partial charge in [0.2, 0.25) is 0 Å². The van der Waals surface area contributed by atoms with Crippen molar-refractivity contribution >= 4 is 0 Å². The Morgan fingerprint density at radius 2 is 2.25 bits per heavy atom. The number of hydrogen-bond donors (Lipinski definition) is 1. The van der Waals surface area contributed by atoms with Gasteiger partial charge in [-0.25, -0.2) is 0 Å². The predicted octanol–water partition coefficient (Wildman–Crippen LogP) is 1.30. The number of likely N-dealkylation sites (N-methyl/N-ethyl adjacent to an activating group) is 1. The van der Waals surface area contributed by atoms with E-state index in [9.17, 15) is 0 Å². The fourth-order valence-electron chi connectivity index (χ4n) is 0.836. The molecule has 1 atom stereocenters. The van der Waals surface area contributed by atoms with Crippen molar-refractivity contribution in [3.8, 4) is 6.07 Å². The second-order valence-corrected chi connectivity index (χ2v) is 2.67. The third-order valence-electron chi connectivity index (χ3n) is 1.53. The third-order valence-corrected chi connectivity index (χ3v) is 1.53. The van der Waals surface area contributed by atoms with E-state index >= 15 is 0 Å². The van der Waals surface area contributed by atoms with Crippen molar-refractivity contribution in [3.63, 3.8) is 0 Å². The maximum absolute atomic E-state index is 8.62. The Labute approximate surface area is 74.7 Å². The zero-order valence-electron chi connectivity index (χ0n) is 7.97. The van der Waals surface area contributed by atoms with Crippen molar-refractivity contribution in [2.45, 2.75) is 32.7 Å². The lowest BCUT2D eigenvalue weighted by Gasteiger charge is -2.09. The topological polar surface area (TPSA) is 45.0 Å². The smallest absolute Gasteiger partial charge is 0.119 e. The number of rotatable bonds is 7. The van der Waals surface area contributed by atoms with Crippen LogP contribution in [-0.4, -0.2) is 25.8 Å². The molecule has 0 aliphatic carbocycles. The van der Waals surface area contributed by atoms with Crippen LogP contribution >= 0.6 is 0 Å². The van der Waals surface area contributed by atoms with Gasteiger partial charge in [0, 0.05) is 6.61 Å². The van der Waals surface area contributed by atoms with Crippen molar-refractivity contribution < 1.29 is 4.74 Å². The summed E-state index contributed by atoms with van der Waals surface area (Å²) in [4.78, 5) is 0. The van der Waals surface area contributed by atoms with Crippen LogP contribution in [0, 0.1) is 11.3 Å². The van der Waals surface area contributed by atoms with Crippen LogP contribution < -0.4 is 5.32 Å². The summed E-state index contributed by atoms with van der Waals surface area (Å²) >= 11 is 0. The van der Waals surface area contributed by atoms with Crippen molar-refractivity contribution in [1.29, 1.82) is 5.26 Å². The highest BCUT2D eigenvalue weighted by Gasteiger charge is 2.03. The summed E-state index contributed by atoms with van der Waals surface area (Å²) in [6, 6.07) is 2.00. The van der Waals surface area contributed by atoms with Crippen LogP contribution in [0.25, 0.3) is 0 Å². The second kappa shape index (κ2) is 8.51. The van der Waals surface area contributed by atoms with Crippen molar-refractivity contribution in [3.05, 3.63) is 0 Å². The Bertz CT molecular complexity index is 131. The van der Waals surface area contributed by atoms with Gasteiger partial charge in [-0.1, -0.05) is 20.3 Å². The zero-order chi connectivity index (χ0) is 9.23. The van der Waals surface area contributed by atoms with Gasteiger partial charge in [0.15, 0.2) is 0 Å². The number of ether oxygens (including phenoxy) is 1. The molecule has 12 heavy (non-hydrogen) atoms. The number of nitrogens with zero attached hydrogens (tertiary/aromatic N) is 1. The van der Waals surface area contributed by atoms with Crippen LogP contribution in [0.4, 0.5) is 0 Å². The molecular weight excluding hydrogens is 152 g/mol. The van der Waals surface area contributed by atoms with Gasteiger partial charge in [0.25, 0.3) is 0 Å². The molecule has 0 saturated carbocycles. The molecule has 0 aromatic carbocycles. The summed E-state index contributed by atoms with van der Waals surface area (Å²) in [6.45, 7) is 6.19. The molecule has 70 valence electrons. The summed E-state index contributed by atoms with van der Waals surface area (Å²) in [5.74, 6) is 0. The molecule has 0 fully saturated rings. The molecule has 0 aliphatic heterocycles. The van der Waals surface area contributed by atoms with Crippen LogP contribution in [0.2, 0.25) is 0 Å². The highest BCUT2D eigenvalue weighted by Crippen LogP contribution is 1.89. The molecule has 0 aromatic rings. The molecule has 3 nitrogen and oxygen atoms in total. The Hall–Kier alpha value is -0.590. The van der Waals surface area contributed by atoms with Gasteiger partial charge in [-0.05, 0) is 13.0 Å². The van der Waals surface area contributed by atoms with Crippen LogP contribution in [-0.2, 0) is 4.74 Å². The maximum atomic E-state index is 8.62. The first-order chi connectivity index (χ1) is 5.85. The van der Waals surface area contributed by atoms with E-state index in [1.54, 1.807) is 0 Å². The second-order valence-electron chi connectivity index (χ2n) is 2.67. The molecule has 3 heteroatoms. The van der Waals surface area contributed by atoms with Crippen LogP contribution in [0.5, 0.6) is 0 Å². The van der Waals surface area contributed by atoms with Gasteiger partial charge in [0.1, 0.15) is 6.04 Å². The Morgan fingerprint density at radius 1 is 1.50 bits per heavy atom. The summed E-state index contributed by atoms with van der Waals surface area (Å²) in [5.41, 5.74) is 0. The Kier molecular flexibility index (Phi) is 8.09. The first kappa shape index (κ1) is 11.4. The average Bonchev–Trinajstić information content (AvgIpc) is 2.10. The summed E-state index contributed by atoms with van der Waals surface area (Å²) in [6.07, 6.45) is 2.21. The molecule has 0 saturated heterocycles. The van der Waals surface area contributed by atoms with Gasteiger partial charge in [-0.2, -0.15) is 5.26 Å². The van der Waals surface area contributed by atoms with Gasteiger partial charge in [-0.3, -0.25) is 0 Å². The van der Waals surface area contributed by atoms with Gasteiger partial charge in [-0.15, -0.1) is 0 Å². The molecular formula is C9H18N2O. The molecule has 0 heterocycles. The Morgan fingerprint density at radius 3 is 2.75 bits per heavy atom. The van der Waals surface area contributed by atoms with Crippen molar-refractivity contribution in [2.24, 2.45) is 0 Å². The lowest BCUT2D eigenvalue weighted by Crippen LogP contribution is -2.31. The van der Waals surface area contributed by atoms with E-state index in [4.69, 9.17) is 10.00 Å². The lowest BCUT2D eigenvalue weighted by molar-refractivity contribution is 0.121. The number of hydrogen-bond acceptors (Lipinski definition) is 3. The molecule has 0 aliphatic rings. The van der Waals surface area contributed by atoms with Crippen LogP contribution in [0.15, 0.2) is 0 Å². The SMILES string of the molecule is CCCCOCC(C#N)NCC. The van der Waals surface area contributed by atoms with E-state index in [0.717, 1.165) is 26.0 Å². The fourth-order valence-corrected chi connectivity index (χ4v) is 0.836. The minimum absolute atomic E-state index is 0.146. The largest absolute Gasteiger partial charge is 0.379 e. The van der Waals surface area contributed by atoms with Crippen LogP contribution in [0.3, 0.4) is 0 Å². The van der Waals surface area contributed by atoms with Crippen molar-refractivity contribution in [2.75, 3.05) is 19.8 Å². The maximum Gasteiger partial charge on any atom is 0.119 e.